The van der Waals surface area contributed by atoms with E-state index in [1.54, 1.807) is 0 Å². The fourth-order valence-corrected chi connectivity index (χ4v) is 1.46. The highest BCUT2D eigenvalue weighted by atomic mass is 16.5. The predicted molar refractivity (Wildman–Crippen MR) is 64.1 cm³/mol. The van der Waals surface area contributed by atoms with Gasteiger partial charge in [0.2, 0.25) is 0 Å². The molecule has 0 amide bonds. The van der Waals surface area contributed by atoms with Crippen molar-refractivity contribution in [3.8, 4) is 0 Å². The minimum atomic E-state index is 0.532. The Bertz CT molecular complexity index is 309. The zero-order chi connectivity index (χ0) is 12.0. The Morgan fingerprint density at radius 2 is 2.12 bits per heavy atom. The molecule has 0 saturated heterocycles. The second-order valence-corrected chi connectivity index (χ2v) is 4.29. The molecular weight excluding hydrogens is 204 g/mol. The van der Waals surface area contributed by atoms with Crippen LogP contribution in [0, 0.1) is 5.92 Å². The summed E-state index contributed by atoms with van der Waals surface area (Å²) < 4.78 is 7.35. The Labute approximate surface area is 97.0 Å². The van der Waals surface area contributed by atoms with Gasteiger partial charge in [-0.15, -0.1) is 5.10 Å². The maximum atomic E-state index is 5.69. The van der Waals surface area contributed by atoms with E-state index in [4.69, 9.17) is 10.5 Å². The SMILES string of the molecule is CCc1c(N)nnn1CCOCCC(C)C. The van der Waals surface area contributed by atoms with Crippen molar-refractivity contribution in [3.63, 3.8) is 0 Å². The lowest BCUT2D eigenvalue weighted by Crippen LogP contribution is -2.11. The highest BCUT2D eigenvalue weighted by molar-refractivity contribution is 5.32. The lowest BCUT2D eigenvalue weighted by molar-refractivity contribution is 0.113. The molecule has 0 aliphatic heterocycles. The van der Waals surface area contributed by atoms with Gasteiger partial charge < -0.3 is 10.5 Å². The van der Waals surface area contributed by atoms with Gasteiger partial charge in [-0.1, -0.05) is 26.0 Å². The van der Waals surface area contributed by atoms with Crippen LogP contribution in [0.2, 0.25) is 0 Å². The van der Waals surface area contributed by atoms with Crippen LogP contribution in [-0.2, 0) is 17.7 Å². The molecule has 16 heavy (non-hydrogen) atoms. The summed E-state index contributed by atoms with van der Waals surface area (Å²) in [5, 5.41) is 7.83. The molecule has 92 valence electrons. The van der Waals surface area contributed by atoms with E-state index in [0.717, 1.165) is 31.7 Å². The van der Waals surface area contributed by atoms with Gasteiger partial charge in [0.1, 0.15) is 0 Å². The standard InChI is InChI=1S/C11H22N4O/c1-4-10-11(12)13-14-15(10)6-8-16-7-5-9(2)3/h9H,4-8,12H2,1-3H3. The van der Waals surface area contributed by atoms with Crippen molar-refractivity contribution in [1.82, 2.24) is 15.0 Å². The summed E-state index contributed by atoms with van der Waals surface area (Å²) in [6.07, 6.45) is 1.95. The maximum Gasteiger partial charge on any atom is 0.169 e. The highest BCUT2D eigenvalue weighted by Gasteiger charge is 2.07. The largest absolute Gasteiger partial charge is 0.381 e. The average molecular weight is 226 g/mol. The van der Waals surface area contributed by atoms with E-state index >= 15 is 0 Å². The van der Waals surface area contributed by atoms with Crippen molar-refractivity contribution in [2.24, 2.45) is 5.92 Å². The third-order valence-corrected chi connectivity index (χ3v) is 2.49. The second kappa shape index (κ2) is 6.48. The number of rotatable bonds is 7. The van der Waals surface area contributed by atoms with E-state index < -0.39 is 0 Å². The summed E-state index contributed by atoms with van der Waals surface area (Å²) in [6, 6.07) is 0. The van der Waals surface area contributed by atoms with Gasteiger partial charge in [0, 0.05) is 6.61 Å². The number of hydrogen-bond donors (Lipinski definition) is 1. The molecule has 1 aromatic rings. The van der Waals surface area contributed by atoms with E-state index in [0.29, 0.717) is 18.3 Å². The third kappa shape index (κ3) is 3.81. The summed E-state index contributed by atoms with van der Waals surface area (Å²) in [6.45, 7) is 8.63. The molecule has 1 rings (SSSR count). The molecule has 0 fully saturated rings. The van der Waals surface area contributed by atoms with Crippen molar-refractivity contribution in [3.05, 3.63) is 5.69 Å². The molecule has 0 unspecified atom stereocenters. The molecule has 5 heteroatoms. The summed E-state index contributed by atoms with van der Waals surface area (Å²) in [5.74, 6) is 1.22. The Balaban J connectivity index is 2.26. The van der Waals surface area contributed by atoms with Crippen molar-refractivity contribution in [1.29, 1.82) is 0 Å². The summed E-state index contributed by atoms with van der Waals surface area (Å²) in [4.78, 5) is 0. The first-order chi connectivity index (χ1) is 7.65. The number of ether oxygens (including phenoxy) is 1. The third-order valence-electron chi connectivity index (χ3n) is 2.49. The zero-order valence-electron chi connectivity index (χ0n) is 10.4. The first kappa shape index (κ1) is 13.0. The monoisotopic (exact) mass is 226 g/mol. The number of nitrogens with zero attached hydrogens (tertiary/aromatic N) is 3. The van der Waals surface area contributed by atoms with Crippen LogP contribution >= 0.6 is 0 Å². The van der Waals surface area contributed by atoms with Crippen LogP contribution in [0.15, 0.2) is 0 Å². The molecule has 0 saturated carbocycles. The number of nitrogen functional groups attached to an aromatic ring is 1. The van der Waals surface area contributed by atoms with Crippen LogP contribution in [0.1, 0.15) is 32.9 Å². The minimum Gasteiger partial charge on any atom is -0.381 e. The molecule has 2 N–H and O–H groups in total. The number of nitrogens with two attached hydrogens (primary N) is 1. The Morgan fingerprint density at radius 1 is 1.38 bits per heavy atom. The topological polar surface area (TPSA) is 66.0 Å². The molecule has 1 heterocycles. The maximum absolute atomic E-state index is 5.69. The van der Waals surface area contributed by atoms with E-state index in [2.05, 4.69) is 24.2 Å². The van der Waals surface area contributed by atoms with E-state index in [9.17, 15) is 0 Å². The van der Waals surface area contributed by atoms with Crippen LogP contribution in [0.5, 0.6) is 0 Å². The summed E-state index contributed by atoms with van der Waals surface area (Å²) in [5.41, 5.74) is 6.68. The molecular formula is C11H22N4O. The molecule has 0 aliphatic rings. The first-order valence-electron chi connectivity index (χ1n) is 5.90. The van der Waals surface area contributed by atoms with Gasteiger partial charge in [-0.05, 0) is 18.8 Å². The Morgan fingerprint density at radius 3 is 2.75 bits per heavy atom. The molecule has 0 aromatic carbocycles. The van der Waals surface area contributed by atoms with Crippen LogP contribution in [-0.4, -0.2) is 28.2 Å². The van der Waals surface area contributed by atoms with Crippen molar-refractivity contribution in [2.75, 3.05) is 18.9 Å². The number of hydrogen-bond acceptors (Lipinski definition) is 4. The van der Waals surface area contributed by atoms with Gasteiger partial charge in [0.25, 0.3) is 0 Å². The molecule has 0 bridgehead atoms. The first-order valence-corrected chi connectivity index (χ1v) is 5.90. The molecule has 0 radical (unpaired) electrons. The fourth-order valence-electron chi connectivity index (χ4n) is 1.46. The molecule has 5 nitrogen and oxygen atoms in total. The highest BCUT2D eigenvalue weighted by Crippen LogP contribution is 2.07. The number of anilines is 1. The lowest BCUT2D eigenvalue weighted by atomic mass is 10.1. The minimum absolute atomic E-state index is 0.532. The van der Waals surface area contributed by atoms with Gasteiger partial charge in [-0.2, -0.15) is 0 Å². The van der Waals surface area contributed by atoms with Crippen molar-refractivity contribution < 1.29 is 4.74 Å². The van der Waals surface area contributed by atoms with E-state index in [1.165, 1.54) is 0 Å². The normalized spacial score (nSPS) is 11.2. The van der Waals surface area contributed by atoms with Gasteiger partial charge >= 0.3 is 0 Å². The van der Waals surface area contributed by atoms with Gasteiger partial charge in [-0.3, -0.25) is 0 Å². The van der Waals surface area contributed by atoms with Crippen molar-refractivity contribution in [2.45, 2.75) is 40.2 Å². The van der Waals surface area contributed by atoms with E-state index in [-0.39, 0.29) is 0 Å². The molecule has 0 spiro atoms. The molecule has 0 atom stereocenters. The second-order valence-electron chi connectivity index (χ2n) is 4.29. The van der Waals surface area contributed by atoms with Crippen LogP contribution < -0.4 is 5.73 Å². The van der Waals surface area contributed by atoms with Gasteiger partial charge in [0.15, 0.2) is 5.82 Å². The van der Waals surface area contributed by atoms with Crippen LogP contribution in [0.4, 0.5) is 5.82 Å². The summed E-state index contributed by atoms with van der Waals surface area (Å²) in [7, 11) is 0. The van der Waals surface area contributed by atoms with Crippen LogP contribution in [0.3, 0.4) is 0 Å². The molecule has 1 aromatic heterocycles. The average Bonchev–Trinajstić information content (AvgIpc) is 2.58. The summed E-state index contributed by atoms with van der Waals surface area (Å²) >= 11 is 0. The number of aromatic nitrogens is 3. The van der Waals surface area contributed by atoms with Crippen molar-refractivity contribution >= 4 is 5.82 Å². The smallest absolute Gasteiger partial charge is 0.169 e. The predicted octanol–water partition coefficient (Wildman–Crippen LogP) is 1.49. The zero-order valence-corrected chi connectivity index (χ0v) is 10.4. The fraction of sp³-hybridized carbons (Fsp3) is 0.818. The lowest BCUT2D eigenvalue weighted by Gasteiger charge is -2.07. The Hall–Kier alpha value is -1.10. The van der Waals surface area contributed by atoms with Gasteiger partial charge in [0.05, 0.1) is 18.8 Å². The molecule has 0 aliphatic carbocycles. The van der Waals surface area contributed by atoms with Crippen LogP contribution in [0.25, 0.3) is 0 Å². The van der Waals surface area contributed by atoms with E-state index in [1.807, 2.05) is 11.6 Å². The quantitative estimate of drug-likeness (QED) is 0.715. The Kier molecular flexibility index (Phi) is 5.25. The van der Waals surface area contributed by atoms with Gasteiger partial charge in [-0.25, -0.2) is 4.68 Å².